The molecule has 5 nitrogen and oxygen atoms in total. The normalized spacial score (nSPS) is 20.5. The van der Waals surface area contributed by atoms with Crippen LogP contribution < -0.4 is 5.32 Å². The van der Waals surface area contributed by atoms with Crippen LogP contribution in [0, 0.1) is 13.8 Å². The van der Waals surface area contributed by atoms with Crippen LogP contribution in [0.2, 0.25) is 0 Å². The van der Waals surface area contributed by atoms with Crippen LogP contribution >= 0.6 is 0 Å². The minimum Gasteiger partial charge on any atom is -0.378 e. The van der Waals surface area contributed by atoms with Crippen molar-refractivity contribution in [3.05, 3.63) is 35.3 Å². The summed E-state index contributed by atoms with van der Waals surface area (Å²) >= 11 is 0. The lowest BCUT2D eigenvalue weighted by Crippen LogP contribution is -2.47. The van der Waals surface area contributed by atoms with Crippen molar-refractivity contribution in [2.75, 3.05) is 6.61 Å². The fraction of sp³-hybridized carbons (Fsp3) is 0.556. The van der Waals surface area contributed by atoms with Gasteiger partial charge in [-0.25, -0.2) is 4.98 Å². The first-order chi connectivity index (χ1) is 11.1. The molecule has 0 aromatic carbocycles. The van der Waals surface area contributed by atoms with Crippen LogP contribution in [0.5, 0.6) is 0 Å². The monoisotopic (exact) mass is 317 g/mol. The molecule has 0 spiro atoms. The van der Waals surface area contributed by atoms with E-state index in [1.807, 2.05) is 36.6 Å². The Morgan fingerprint density at radius 1 is 1.48 bits per heavy atom. The van der Waals surface area contributed by atoms with Gasteiger partial charge in [-0.3, -0.25) is 4.79 Å². The Morgan fingerprint density at radius 3 is 3.00 bits per heavy atom. The second-order valence-corrected chi connectivity index (χ2v) is 6.45. The molecule has 1 fully saturated rings. The molecular weight excluding hydrogens is 290 g/mol. The standard InChI is InChI=1S/C18H25N3O2.H2/c1-4-5-8-23-15-10-14(11-15)20-18(22)16-6-7-21-13(3)9-12(2)19-17(16)21;/h6-7,9,14-15H,4-5,8,10-11H2,1-3H3,(H,20,22);1H. The minimum absolute atomic E-state index is 0. The predicted molar refractivity (Wildman–Crippen MR) is 91.9 cm³/mol. The van der Waals surface area contributed by atoms with Gasteiger partial charge in [0, 0.05) is 31.7 Å². The first kappa shape index (κ1) is 16.0. The quantitative estimate of drug-likeness (QED) is 0.832. The largest absolute Gasteiger partial charge is 0.378 e. The van der Waals surface area contributed by atoms with Gasteiger partial charge in [0.15, 0.2) is 0 Å². The number of carbonyl (C=O) groups is 1. The Morgan fingerprint density at radius 2 is 2.26 bits per heavy atom. The highest BCUT2D eigenvalue weighted by atomic mass is 16.5. The van der Waals surface area contributed by atoms with Gasteiger partial charge in [-0.05, 0) is 45.2 Å². The number of ether oxygens (including phenoxy) is 1. The number of nitrogens with one attached hydrogen (secondary N) is 1. The number of fused-ring (bicyclic) bond motifs is 1. The summed E-state index contributed by atoms with van der Waals surface area (Å²) in [6.45, 7) is 6.96. The van der Waals surface area contributed by atoms with Gasteiger partial charge in [0.25, 0.3) is 5.91 Å². The maximum absolute atomic E-state index is 12.5. The second kappa shape index (κ2) is 6.71. The van der Waals surface area contributed by atoms with Crippen molar-refractivity contribution in [3.63, 3.8) is 0 Å². The first-order valence-electron chi connectivity index (χ1n) is 8.46. The van der Waals surface area contributed by atoms with Crippen LogP contribution in [0.3, 0.4) is 0 Å². The first-order valence-corrected chi connectivity index (χ1v) is 8.46. The van der Waals surface area contributed by atoms with E-state index < -0.39 is 0 Å². The Labute approximate surface area is 138 Å². The van der Waals surface area contributed by atoms with Gasteiger partial charge in [-0.15, -0.1) is 0 Å². The summed E-state index contributed by atoms with van der Waals surface area (Å²) in [6.07, 6.45) is 6.29. The summed E-state index contributed by atoms with van der Waals surface area (Å²) in [7, 11) is 0. The number of rotatable bonds is 6. The van der Waals surface area contributed by atoms with Crippen molar-refractivity contribution in [2.45, 2.75) is 58.6 Å². The number of unbranched alkanes of at least 4 members (excludes halogenated alkanes) is 1. The number of amides is 1. The van der Waals surface area contributed by atoms with Gasteiger partial charge in [-0.1, -0.05) is 13.3 Å². The molecule has 0 radical (unpaired) electrons. The van der Waals surface area contributed by atoms with Gasteiger partial charge in [0.2, 0.25) is 0 Å². The van der Waals surface area contributed by atoms with Crippen LogP contribution in [-0.4, -0.2) is 34.0 Å². The number of nitrogens with zero attached hydrogens (tertiary/aromatic N) is 2. The highest BCUT2D eigenvalue weighted by Gasteiger charge is 2.31. The minimum atomic E-state index is -0.0398. The van der Waals surface area contributed by atoms with Crippen molar-refractivity contribution in [1.29, 1.82) is 0 Å². The maximum atomic E-state index is 12.5. The summed E-state index contributed by atoms with van der Waals surface area (Å²) in [5.41, 5.74) is 3.39. The Hall–Kier alpha value is -1.88. The summed E-state index contributed by atoms with van der Waals surface area (Å²) < 4.78 is 7.71. The van der Waals surface area contributed by atoms with Gasteiger partial charge in [-0.2, -0.15) is 0 Å². The molecule has 2 aromatic rings. The molecule has 0 bridgehead atoms. The summed E-state index contributed by atoms with van der Waals surface area (Å²) in [4.78, 5) is 17.0. The molecule has 2 aromatic heterocycles. The fourth-order valence-corrected chi connectivity index (χ4v) is 3.05. The van der Waals surface area contributed by atoms with E-state index in [0.29, 0.717) is 11.7 Å². The molecule has 1 saturated carbocycles. The Kier molecular flexibility index (Phi) is 4.66. The summed E-state index contributed by atoms with van der Waals surface area (Å²) in [6, 6.07) is 4.08. The zero-order valence-corrected chi connectivity index (χ0v) is 14.1. The number of aromatic nitrogens is 2. The summed E-state index contributed by atoms with van der Waals surface area (Å²) in [5, 5.41) is 3.10. The number of aryl methyl sites for hydroxylation is 2. The summed E-state index contributed by atoms with van der Waals surface area (Å²) in [5.74, 6) is -0.0398. The van der Waals surface area contributed by atoms with E-state index in [4.69, 9.17) is 4.74 Å². The van der Waals surface area contributed by atoms with E-state index >= 15 is 0 Å². The van der Waals surface area contributed by atoms with E-state index in [1.54, 1.807) is 0 Å². The third-order valence-electron chi connectivity index (χ3n) is 4.47. The Balaban J connectivity index is 0.00000208. The Bertz CT molecular complexity index is 708. The topological polar surface area (TPSA) is 55.6 Å². The van der Waals surface area contributed by atoms with Crippen LogP contribution in [-0.2, 0) is 4.74 Å². The maximum Gasteiger partial charge on any atom is 0.255 e. The molecule has 23 heavy (non-hydrogen) atoms. The molecule has 1 aliphatic rings. The molecule has 0 atom stereocenters. The number of hydrogen-bond donors (Lipinski definition) is 1. The van der Waals surface area contributed by atoms with E-state index in [2.05, 4.69) is 17.2 Å². The van der Waals surface area contributed by atoms with Crippen LogP contribution in [0.1, 0.15) is 55.8 Å². The molecule has 0 saturated heterocycles. The smallest absolute Gasteiger partial charge is 0.255 e. The molecule has 1 amide bonds. The van der Waals surface area contributed by atoms with E-state index in [-0.39, 0.29) is 13.4 Å². The molecule has 5 heteroatoms. The average molecular weight is 317 g/mol. The zero-order chi connectivity index (χ0) is 16.4. The van der Waals surface area contributed by atoms with Crippen molar-refractivity contribution in [3.8, 4) is 0 Å². The van der Waals surface area contributed by atoms with Crippen LogP contribution in [0.4, 0.5) is 0 Å². The molecule has 1 aliphatic carbocycles. The molecule has 126 valence electrons. The molecule has 0 unspecified atom stereocenters. The van der Waals surface area contributed by atoms with Crippen molar-refractivity contribution in [1.82, 2.24) is 14.7 Å². The molecule has 2 heterocycles. The van der Waals surface area contributed by atoms with Gasteiger partial charge < -0.3 is 14.5 Å². The molecule has 1 N–H and O–H groups in total. The number of carbonyl (C=O) groups excluding carboxylic acids is 1. The highest BCUT2D eigenvalue weighted by molar-refractivity contribution is 6.00. The zero-order valence-electron chi connectivity index (χ0n) is 14.1. The van der Waals surface area contributed by atoms with Crippen LogP contribution in [0.25, 0.3) is 5.65 Å². The van der Waals surface area contributed by atoms with Crippen molar-refractivity contribution in [2.24, 2.45) is 0 Å². The van der Waals surface area contributed by atoms with Gasteiger partial charge in [0.1, 0.15) is 5.65 Å². The third kappa shape index (κ3) is 3.39. The lowest BCUT2D eigenvalue weighted by Gasteiger charge is -2.35. The van der Waals surface area contributed by atoms with Gasteiger partial charge in [0.05, 0.1) is 11.7 Å². The lowest BCUT2D eigenvalue weighted by molar-refractivity contribution is -0.0161. The fourth-order valence-electron chi connectivity index (χ4n) is 3.05. The predicted octanol–water partition coefficient (Wildman–Crippen LogP) is 3.27. The van der Waals surface area contributed by atoms with Gasteiger partial charge >= 0.3 is 0 Å². The SMILES string of the molecule is CCCCOC1CC(NC(=O)c2ccn3c(C)cc(C)nc23)C1.[HH]. The molecule has 3 rings (SSSR count). The van der Waals surface area contributed by atoms with Crippen LogP contribution in [0.15, 0.2) is 18.3 Å². The second-order valence-electron chi connectivity index (χ2n) is 6.45. The molecular formula is C18H27N3O2. The van der Waals surface area contributed by atoms with Crippen molar-refractivity contribution < 1.29 is 11.0 Å². The van der Waals surface area contributed by atoms with E-state index in [1.165, 1.54) is 0 Å². The third-order valence-corrected chi connectivity index (χ3v) is 4.47. The lowest BCUT2D eigenvalue weighted by atomic mass is 9.89. The highest BCUT2D eigenvalue weighted by Crippen LogP contribution is 2.24. The van der Waals surface area contributed by atoms with E-state index in [0.717, 1.165) is 49.3 Å². The molecule has 0 aliphatic heterocycles. The number of hydrogen-bond acceptors (Lipinski definition) is 3. The average Bonchev–Trinajstić information content (AvgIpc) is 2.88. The van der Waals surface area contributed by atoms with Crippen molar-refractivity contribution >= 4 is 11.6 Å². The van der Waals surface area contributed by atoms with E-state index in [9.17, 15) is 4.79 Å².